The molecule has 1 unspecified atom stereocenters. The molecular weight excluding hydrogens is 235 g/mol. The average molecular weight is 252 g/mol. The Morgan fingerprint density at radius 3 is 3.06 bits per heavy atom. The van der Waals surface area contributed by atoms with E-state index < -0.39 is 5.82 Å². The van der Waals surface area contributed by atoms with Crippen molar-refractivity contribution in [1.29, 1.82) is 0 Å². The van der Waals surface area contributed by atoms with Gasteiger partial charge in [-0.05, 0) is 32.0 Å². The van der Waals surface area contributed by atoms with Gasteiger partial charge in [-0.15, -0.1) is 0 Å². The zero-order valence-corrected chi connectivity index (χ0v) is 10.3. The van der Waals surface area contributed by atoms with E-state index in [-0.39, 0.29) is 23.3 Å². The summed E-state index contributed by atoms with van der Waals surface area (Å²) in [4.78, 5) is 14.0. The highest BCUT2D eigenvalue weighted by atomic mass is 19.1. The normalized spacial score (nSPS) is 19.2. The highest BCUT2D eigenvalue weighted by molar-refractivity contribution is 5.97. The van der Waals surface area contributed by atoms with Crippen molar-refractivity contribution in [2.75, 3.05) is 20.1 Å². The summed E-state index contributed by atoms with van der Waals surface area (Å²) in [7, 11) is 1.84. The first-order chi connectivity index (χ1) is 8.63. The molecule has 0 spiro atoms. The number of halogens is 1. The maximum atomic E-state index is 12.9. The number of likely N-dealkylation sites (N-methyl/N-ethyl adjacent to an activating group) is 1. The lowest BCUT2D eigenvalue weighted by Crippen LogP contribution is -2.40. The molecule has 1 aromatic carbocycles. The number of rotatable bonds is 3. The Morgan fingerprint density at radius 1 is 1.61 bits per heavy atom. The second-order valence-corrected chi connectivity index (χ2v) is 4.51. The minimum atomic E-state index is -0.544. The number of phenols is 1. The molecule has 1 atom stereocenters. The third kappa shape index (κ3) is 2.46. The summed E-state index contributed by atoms with van der Waals surface area (Å²) in [5.74, 6) is -1.07. The van der Waals surface area contributed by atoms with E-state index in [1.807, 2.05) is 7.05 Å². The first-order valence-corrected chi connectivity index (χ1v) is 6.07. The molecule has 0 saturated carbocycles. The standard InChI is InChI=1S/C13H17FN2O2/c1-15-8-10-3-2-6-16(10)13(18)11-5-4-9(14)7-12(11)17/h4-5,7,10,15,17H,2-3,6,8H2,1H3. The fraction of sp³-hybridized carbons (Fsp3) is 0.462. The van der Waals surface area contributed by atoms with Crippen LogP contribution in [0.25, 0.3) is 0 Å². The molecule has 4 nitrogen and oxygen atoms in total. The van der Waals surface area contributed by atoms with E-state index >= 15 is 0 Å². The fourth-order valence-electron chi connectivity index (χ4n) is 2.39. The first-order valence-electron chi connectivity index (χ1n) is 6.07. The maximum Gasteiger partial charge on any atom is 0.257 e. The number of nitrogens with zero attached hydrogens (tertiary/aromatic N) is 1. The Hall–Kier alpha value is -1.62. The summed E-state index contributed by atoms with van der Waals surface area (Å²) in [5.41, 5.74) is 0.166. The number of hydrogen-bond donors (Lipinski definition) is 2. The van der Waals surface area contributed by atoms with E-state index in [0.717, 1.165) is 25.5 Å². The molecule has 0 aliphatic carbocycles. The molecule has 5 heteroatoms. The Balaban J connectivity index is 2.20. The maximum absolute atomic E-state index is 12.9. The molecule has 2 rings (SSSR count). The molecule has 2 N–H and O–H groups in total. The van der Waals surface area contributed by atoms with Crippen molar-refractivity contribution in [2.24, 2.45) is 0 Å². The number of benzene rings is 1. The van der Waals surface area contributed by atoms with E-state index in [1.54, 1.807) is 4.90 Å². The van der Waals surface area contributed by atoms with E-state index in [9.17, 15) is 14.3 Å². The molecule has 1 aliphatic rings. The summed E-state index contributed by atoms with van der Waals surface area (Å²) < 4.78 is 12.9. The largest absolute Gasteiger partial charge is 0.507 e. The molecule has 98 valence electrons. The van der Waals surface area contributed by atoms with E-state index in [0.29, 0.717) is 6.54 Å². The van der Waals surface area contributed by atoms with Gasteiger partial charge in [0.25, 0.3) is 5.91 Å². The van der Waals surface area contributed by atoms with Gasteiger partial charge in [0.05, 0.1) is 5.56 Å². The summed E-state index contributed by atoms with van der Waals surface area (Å²) in [6.07, 6.45) is 1.91. The highest BCUT2D eigenvalue weighted by Gasteiger charge is 2.30. The van der Waals surface area contributed by atoms with Crippen LogP contribution in [-0.4, -0.2) is 42.1 Å². The zero-order chi connectivity index (χ0) is 13.1. The molecule has 0 aromatic heterocycles. The lowest BCUT2D eigenvalue weighted by molar-refractivity contribution is 0.0734. The van der Waals surface area contributed by atoms with Crippen molar-refractivity contribution < 1.29 is 14.3 Å². The first kappa shape index (κ1) is 12.8. The number of hydrogen-bond acceptors (Lipinski definition) is 3. The van der Waals surface area contributed by atoms with Crippen molar-refractivity contribution in [1.82, 2.24) is 10.2 Å². The van der Waals surface area contributed by atoms with Crippen molar-refractivity contribution >= 4 is 5.91 Å². The number of carbonyl (C=O) groups is 1. The highest BCUT2D eigenvalue weighted by Crippen LogP contribution is 2.24. The second-order valence-electron chi connectivity index (χ2n) is 4.51. The third-order valence-electron chi connectivity index (χ3n) is 3.27. The molecule has 1 amide bonds. The third-order valence-corrected chi connectivity index (χ3v) is 3.27. The van der Waals surface area contributed by atoms with Gasteiger partial charge < -0.3 is 15.3 Å². The van der Waals surface area contributed by atoms with Crippen LogP contribution in [-0.2, 0) is 0 Å². The van der Waals surface area contributed by atoms with Gasteiger partial charge in [-0.2, -0.15) is 0 Å². The monoisotopic (exact) mass is 252 g/mol. The molecular formula is C13H17FN2O2. The quantitative estimate of drug-likeness (QED) is 0.854. The summed E-state index contributed by atoms with van der Waals surface area (Å²) in [6, 6.07) is 3.64. The lowest BCUT2D eigenvalue weighted by atomic mass is 10.1. The molecule has 0 bridgehead atoms. The number of aromatic hydroxyl groups is 1. The predicted molar refractivity (Wildman–Crippen MR) is 66.1 cm³/mol. The Kier molecular flexibility index (Phi) is 3.81. The smallest absolute Gasteiger partial charge is 0.257 e. The van der Waals surface area contributed by atoms with Crippen LogP contribution in [0, 0.1) is 5.82 Å². The number of likely N-dealkylation sites (tertiary alicyclic amines) is 1. The van der Waals surface area contributed by atoms with Crippen LogP contribution < -0.4 is 5.32 Å². The van der Waals surface area contributed by atoms with Crippen molar-refractivity contribution in [3.05, 3.63) is 29.6 Å². The number of nitrogens with one attached hydrogen (secondary N) is 1. The van der Waals surface area contributed by atoms with Crippen molar-refractivity contribution in [3.63, 3.8) is 0 Å². The molecule has 1 aromatic rings. The van der Waals surface area contributed by atoms with E-state index in [2.05, 4.69) is 5.32 Å². The summed E-state index contributed by atoms with van der Waals surface area (Å²) in [6.45, 7) is 1.41. The van der Waals surface area contributed by atoms with Gasteiger partial charge in [-0.25, -0.2) is 4.39 Å². The van der Waals surface area contributed by atoms with Crippen LogP contribution in [0.5, 0.6) is 5.75 Å². The number of phenolic OH excluding ortho intramolecular Hbond substituents is 1. The fourth-order valence-corrected chi connectivity index (χ4v) is 2.39. The lowest BCUT2D eigenvalue weighted by Gasteiger charge is -2.24. The second kappa shape index (κ2) is 5.35. The Labute approximate surface area is 105 Å². The Bertz CT molecular complexity index is 451. The van der Waals surface area contributed by atoms with Crippen LogP contribution in [0.1, 0.15) is 23.2 Å². The molecule has 1 saturated heterocycles. The molecule has 1 fully saturated rings. The van der Waals surface area contributed by atoms with Gasteiger partial charge in [0.2, 0.25) is 0 Å². The van der Waals surface area contributed by atoms with E-state index in [1.165, 1.54) is 12.1 Å². The van der Waals surface area contributed by atoms with Crippen molar-refractivity contribution in [2.45, 2.75) is 18.9 Å². The van der Waals surface area contributed by atoms with Crippen LogP contribution in [0.2, 0.25) is 0 Å². The van der Waals surface area contributed by atoms with Crippen molar-refractivity contribution in [3.8, 4) is 5.75 Å². The van der Waals surface area contributed by atoms with Gasteiger partial charge >= 0.3 is 0 Å². The molecule has 18 heavy (non-hydrogen) atoms. The predicted octanol–water partition coefficient (Wildman–Crippen LogP) is 1.36. The number of carbonyl (C=O) groups excluding carboxylic acids is 1. The SMILES string of the molecule is CNCC1CCCN1C(=O)c1ccc(F)cc1O. The van der Waals surface area contributed by atoms with Gasteiger partial charge in [-0.1, -0.05) is 0 Å². The Morgan fingerprint density at radius 2 is 2.39 bits per heavy atom. The minimum absolute atomic E-state index is 0.145. The minimum Gasteiger partial charge on any atom is -0.507 e. The summed E-state index contributed by atoms with van der Waals surface area (Å²) >= 11 is 0. The topological polar surface area (TPSA) is 52.6 Å². The van der Waals surface area contributed by atoms with Crippen LogP contribution in [0.4, 0.5) is 4.39 Å². The zero-order valence-electron chi connectivity index (χ0n) is 10.3. The van der Waals surface area contributed by atoms with Gasteiger partial charge in [0, 0.05) is 25.2 Å². The van der Waals surface area contributed by atoms with Crippen LogP contribution >= 0.6 is 0 Å². The van der Waals surface area contributed by atoms with Crippen LogP contribution in [0.3, 0.4) is 0 Å². The molecule has 0 radical (unpaired) electrons. The number of amides is 1. The summed E-state index contributed by atoms with van der Waals surface area (Å²) in [5, 5.41) is 12.7. The average Bonchev–Trinajstić information content (AvgIpc) is 2.77. The van der Waals surface area contributed by atoms with Gasteiger partial charge in [0.1, 0.15) is 11.6 Å². The van der Waals surface area contributed by atoms with E-state index in [4.69, 9.17) is 0 Å². The molecule has 1 aliphatic heterocycles. The molecule has 1 heterocycles. The van der Waals surface area contributed by atoms with Gasteiger partial charge in [0.15, 0.2) is 0 Å². The van der Waals surface area contributed by atoms with Crippen LogP contribution in [0.15, 0.2) is 18.2 Å². The van der Waals surface area contributed by atoms with Gasteiger partial charge in [-0.3, -0.25) is 4.79 Å².